The Morgan fingerprint density at radius 1 is 1.31 bits per heavy atom. The van der Waals surface area contributed by atoms with Crippen molar-refractivity contribution >= 4 is 5.78 Å². The molecule has 1 rings (SSSR count). The number of hydrogen-bond acceptors (Lipinski definition) is 2. The maximum Gasteiger partial charge on any atom is 0.146 e. The van der Waals surface area contributed by atoms with Gasteiger partial charge in [-0.25, -0.2) is 0 Å². The fourth-order valence-corrected chi connectivity index (χ4v) is 2.51. The van der Waals surface area contributed by atoms with E-state index >= 15 is 0 Å². The third-order valence-corrected chi connectivity index (χ3v) is 2.91. The van der Waals surface area contributed by atoms with Crippen LogP contribution in [0, 0.1) is 0 Å². The van der Waals surface area contributed by atoms with Crippen LogP contribution in [-0.4, -0.2) is 28.3 Å². The lowest BCUT2D eigenvalue weighted by Gasteiger charge is -2.39. The van der Waals surface area contributed by atoms with E-state index in [1.807, 2.05) is 0 Å². The maximum absolute atomic E-state index is 11.4. The van der Waals surface area contributed by atoms with E-state index in [2.05, 4.69) is 32.6 Å². The molecule has 0 N–H and O–H groups in total. The van der Waals surface area contributed by atoms with Gasteiger partial charge in [0.2, 0.25) is 0 Å². The van der Waals surface area contributed by atoms with Gasteiger partial charge in [0.1, 0.15) is 5.78 Å². The van der Waals surface area contributed by atoms with Crippen LogP contribution in [0.4, 0.5) is 0 Å². The SMILES string of the molecule is CC(=O)[C@@H]1CCC(C)N1C(C)(C)C. The van der Waals surface area contributed by atoms with E-state index in [0.717, 1.165) is 12.8 Å². The summed E-state index contributed by atoms with van der Waals surface area (Å²) >= 11 is 0. The monoisotopic (exact) mass is 183 g/mol. The molecular weight excluding hydrogens is 162 g/mol. The first-order valence-corrected chi connectivity index (χ1v) is 5.13. The molecule has 1 aliphatic rings. The summed E-state index contributed by atoms with van der Waals surface area (Å²) in [7, 11) is 0. The summed E-state index contributed by atoms with van der Waals surface area (Å²) < 4.78 is 0. The Kier molecular flexibility index (Phi) is 2.81. The lowest BCUT2D eigenvalue weighted by molar-refractivity contribution is -0.123. The molecule has 2 heteroatoms. The molecule has 1 fully saturated rings. The molecule has 1 aliphatic heterocycles. The van der Waals surface area contributed by atoms with Crippen molar-refractivity contribution in [2.24, 2.45) is 0 Å². The van der Waals surface area contributed by atoms with Gasteiger partial charge in [0.15, 0.2) is 0 Å². The number of hydrogen-bond donors (Lipinski definition) is 0. The molecule has 0 amide bonds. The highest BCUT2D eigenvalue weighted by atomic mass is 16.1. The van der Waals surface area contributed by atoms with E-state index in [1.165, 1.54) is 0 Å². The summed E-state index contributed by atoms with van der Waals surface area (Å²) in [4.78, 5) is 13.8. The summed E-state index contributed by atoms with van der Waals surface area (Å²) in [5.74, 6) is 0.319. The molecule has 1 saturated heterocycles. The Labute approximate surface area is 81.3 Å². The van der Waals surface area contributed by atoms with Gasteiger partial charge in [-0.2, -0.15) is 0 Å². The van der Waals surface area contributed by atoms with E-state index in [-0.39, 0.29) is 11.6 Å². The first-order valence-electron chi connectivity index (χ1n) is 5.13. The van der Waals surface area contributed by atoms with Crippen molar-refractivity contribution in [1.82, 2.24) is 4.90 Å². The number of ketones is 1. The van der Waals surface area contributed by atoms with Crippen LogP contribution < -0.4 is 0 Å². The van der Waals surface area contributed by atoms with Crippen LogP contribution in [0.5, 0.6) is 0 Å². The van der Waals surface area contributed by atoms with E-state index in [1.54, 1.807) is 6.92 Å². The van der Waals surface area contributed by atoms with Crippen LogP contribution in [0.1, 0.15) is 47.5 Å². The summed E-state index contributed by atoms with van der Waals surface area (Å²) in [5.41, 5.74) is 0.117. The Hall–Kier alpha value is -0.370. The van der Waals surface area contributed by atoms with Crippen LogP contribution in [0.25, 0.3) is 0 Å². The number of carbonyl (C=O) groups is 1. The number of carbonyl (C=O) groups excluding carboxylic acids is 1. The second kappa shape index (κ2) is 3.41. The standard InChI is InChI=1S/C11H21NO/c1-8-6-7-10(9(2)13)12(8)11(3,4)5/h8,10H,6-7H2,1-5H3/t8?,10-/m0/s1. The predicted molar refractivity (Wildman–Crippen MR) is 54.8 cm³/mol. The highest BCUT2D eigenvalue weighted by Crippen LogP contribution is 2.31. The molecule has 1 unspecified atom stereocenters. The van der Waals surface area contributed by atoms with Gasteiger partial charge in [-0.1, -0.05) is 0 Å². The van der Waals surface area contributed by atoms with Crippen molar-refractivity contribution in [3.8, 4) is 0 Å². The van der Waals surface area contributed by atoms with Crippen LogP contribution in [-0.2, 0) is 4.79 Å². The van der Waals surface area contributed by atoms with E-state index in [4.69, 9.17) is 0 Å². The molecule has 2 atom stereocenters. The highest BCUT2D eigenvalue weighted by Gasteiger charge is 2.39. The van der Waals surface area contributed by atoms with E-state index in [0.29, 0.717) is 11.8 Å². The third kappa shape index (κ3) is 2.11. The van der Waals surface area contributed by atoms with Gasteiger partial charge in [-0.3, -0.25) is 9.69 Å². The molecule has 0 spiro atoms. The molecule has 0 saturated carbocycles. The van der Waals surface area contributed by atoms with Gasteiger partial charge in [0.25, 0.3) is 0 Å². The zero-order valence-electron chi connectivity index (χ0n) is 9.42. The van der Waals surface area contributed by atoms with Gasteiger partial charge in [-0.15, -0.1) is 0 Å². The van der Waals surface area contributed by atoms with Crippen molar-refractivity contribution in [1.29, 1.82) is 0 Å². The summed E-state index contributed by atoms with van der Waals surface area (Å²) in [5, 5.41) is 0. The molecule has 0 aromatic rings. The Bertz CT molecular complexity index is 205. The molecule has 0 bridgehead atoms. The van der Waals surface area contributed by atoms with Crippen molar-refractivity contribution in [2.75, 3.05) is 0 Å². The molecular formula is C11H21NO. The van der Waals surface area contributed by atoms with Crippen molar-refractivity contribution in [2.45, 2.75) is 65.1 Å². The second-order valence-electron chi connectivity index (χ2n) is 5.13. The van der Waals surface area contributed by atoms with Gasteiger partial charge in [0.05, 0.1) is 6.04 Å². The van der Waals surface area contributed by atoms with Gasteiger partial charge in [0, 0.05) is 11.6 Å². The summed E-state index contributed by atoms with van der Waals surface area (Å²) in [6.07, 6.45) is 2.19. The fraction of sp³-hybridized carbons (Fsp3) is 0.909. The quantitative estimate of drug-likeness (QED) is 0.621. The van der Waals surface area contributed by atoms with Crippen LogP contribution in [0.2, 0.25) is 0 Å². The zero-order chi connectivity index (χ0) is 10.2. The van der Waals surface area contributed by atoms with Gasteiger partial charge >= 0.3 is 0 Å². The first-order chi connectivity index (χ1) is 5.84. The maximum atomic E-state index is 11.4. The molecule has 0 radical (unpaired) electrons. The highest BCUT2D eigenvalue weighted by molar-refractivity contribution is 5.81. The zero-order valence-corrected chi connectivity index (χ0v) is 9.42. The largest absolute Gasteiger partial charge is 0.298 e. The van der Waals surface area contributed by atoms with Crippen LogP contribution >= 0.6 is 0 Å². The second-order valence-corrected chi connectivity index (χ2v) is 5.13. The lowest BCUT2D eigenvalue weighted by atomic mass is 10.0. The van der Waals surface area contributed by atoms with Gasteiger partial charge < -0.3 is 0 Å². The van der Waals surface area contributed by atoms with Crippen molar-refractivity contribution in [3.63, 3.8) is 0 Å². The lowest BCUT2D eigenvalue weighted by Crippen LogP contribution is -2.50. The number of Topliss-reactive ketones (excluding diaryl/α,β-unsaturated/α-hetero) is 1. The Morgan fingerprint density at radius 3 is 2.15 bits per heavy atom. The number of likely N-dealkylation sites (tertiary alicyclic amines) is 1. The smallest absolute Gasteiger partial charge is 0.146 e. The normalized spacial score (nSPS) is 30.8. The van der Waals surface area contributed by atoms with Crippen LogP contribution in [0.3, 0.4) is 0 Å². The van der Waals surface area contributed by atoms with Crippen molar-refractivity contribution < 1.29 is 4.79 Å². The fourth-order valence-electron chi connectivity index (χ4n) is 2.51. The molecule has 0 aromatic carbocycles. The molecule has 13 heavy (non-hydrogen) atoms. The minimum atomic E-state index is 0.117. The average Bonchev–Trinajstić information content (AvgIpc) is 2.28. The van der Waals surface area contributed by atoms with Gasteiger partial charge in [-0.05, 0) is 47.5 Å². The minimum Gasteiger partial charge on any atom is -0.298 e. The minimum absolute atomic E-state index is 0.117. The van der Waals surface area contributed by atoms with Crippen molar-refractivity contribution in [3.05, 3.63) is 0 Å². The molecule has 2 nitrogen and oxygen atoms in total. The molecule has 0 aliphatic carbocycles. The topological polar surface area (TPSA) is 20.3 Å². The summed E-state index contributed by atoms with van der Waals surface area (Å²) in [6.45, 7) is 10.5. The Morgan fingerprint density at radius 2 is 1.85 bits per heavy atom. The average molecular weight is 183 g/mol. The molecule has 76 valence electrons. The van der Waals surface area contributed by atoms with E-state index < -0.39 is 0 Å². The number of nitrogens with zero attached hydrogens (tertiary/aromatic N) is 1. The third-order valence-electron chi connectivity index (χ3n) is 2.91. The number of rotatable bonds is 1. The summed E-state index contributed by atoms with van der Waals surface area (Å²) in [6, 6.07) is 0.712. The van der Waals surface area contributed by atoms with E-state index in [9.17, 15) is 4.79 Å². The molecule has 0 aromatic heterocycles. The van der Waals surface area contributed by atoms with Crippen LogP contribution in [0.15, 0.2) is 0 Å². The predicted octanol–water partition coefficient (Wildman–Crippen LogP) is 2.23. The Balaban J connectivity index is 2.83. The molecule has 1 heterocycles. The first kappa shape index (κ1) is 10.7.